The van der Waals surface area contributed by atoms with Crippen LogP contribution in [0.1, 0.15) is 18.9 Å². The van der Waals surface area contributed by atoms with Gasteiger partial charge in [-0.15, -0.1) is 0 Å². The van der Waals surface area contributed by atoms with Crippen LogP contribution in [0.5, 0.6) is 0 Å². The van der Waals surface area contributed by atoms with Crippen LogP contribution >= 0.6 is 0 Å². The molecule has 0 spiro atoms. The number of hydrogen-bond acceptors (Lipinski definition) is 2. The Kier molecular flexibility index (Phi) is 2.13. The molecule has 1 aromatic heterocycles. The molecule has 2 heteroatoms. The molecule has 0 saturated heterocycles. The largest absolute Gasteiger partial charge is 0.443 e. The molecule has 0 amide bonds. The quantitative estimate of drug-likeness (QED) is 0.696. The maximum absolute atomic E-state index is 5.14. The SMILES string of the molecule is CCC=Cc1ccc2ocnc2c1. The van der Waals surface area contributed by atoms with Crippen LogP contribution in [0.2, 0.25) is 0 Å². The number of aromatic nitrogens is 1. The van der Waals surface area contributed by atoms with Crippen molar-refractivity contribution >= 4 is 17.2 Å². The van der Waals surface area contributed by atoms with Gasteiger partial charge in [0, 0.05) is 0 Å². The number of nitrogens with zero attached hydrogens (tertiary/aromatic N) is 1. The predicted octanol–water partition coefficient (Wildman–Crippen LogP) is 3.25. The van der Waals surface area contributed by atoms with Crippen LogP contribution in [0, 0.1) is 0 Å². The van der Waals surface area contributed by atoms with Crippen LogP contribution < -0.4 is 0 Å². The van der Waals surface area contributed by atoms with E-state index in [1.807, 2.05) is 18.2 Å². The first-order chi connectivity index (χ1) is 6.40. The third-order valence-corrected chi connectivity index (χ3v) is 1.90. The lowest BCUT2D eigenvalue weighted by Crippen LogP contribution is -1.72. The summed E-state index contributed by atoms with van der Waals surface area (Å²) in [6.45, 7) is 2.12. The van der Waals surface area contributed by atoms with Crippen LogP contribution in [0.3, 0.4) is 0 Å². The highest BCUT2D eigenvalue weighted by atomic mass is 16.3. The average molecular weight is 173 g/mol. The van der Waals surface area contributed by atoms with Gasteiger partial charge in [-0.25, -0.2) is 4.98 Å². The average Bonchev–Trinajstić information content (AvgIpc) is 2.61. The maximum Gasteiger partial charge on any atom is 0.181 e. The Labute approximate surface area is 76.9 Å². The Hall–Kier alpha value is -1.57. The molecular weight excluding hydrogens is 162 g/mol. The van der Waals surface area contributed by atoms with Gasteiger partial charge < -0.3 is 4.42 Å². The van der Waals surface area contributed by atoms with Crippen molar-refractivity contribution in [3.05, 3.63) is 36.2 Å². The Bertz CT molecular complexity index is 428. The van der Waals surface area contributed by atoms with E-state index in [0.29, 0.717) is 0 Å². The van der Waals surface area contributed by atoms with Crippen molar-refractivity contribution in [3.63, 3.8) is 0 Å². The summed E-state index contributed by atoms with van der Waals surface area (Å²) < 4.78 is 5.14. The summed E-state index contributed by atoms with van der Waals surface area (Å²) in [4.78, 5) is 4.09. The van der Waals surface area contributed by atoms with E-state index in [2.05, 4.69) is 24.1 Å². The fourth-order valence-electron chi connectivity index (χ4n) is 1.23. The van der Waals surface area contributed by atoms with Crippen molar-refractivity contribution in [2.75, 3.05) is 0 Å². The molecule has 1 aromatic carbocycles. The van der Waals surface area contributed by atoms with E-state index in [4.69, 9.17) is 4.42 Å². The Balaban J connectivity index is 2.42. The first kappa shape index (κ1) is 8.05. The topological polar surface area (TPSA) is 26.0 Å². The van der Waals surface area contributed by atoms with Crippen molar-refractivity contribution in [2.45, 2.75) is 13.3 Å². The van der Waals surface area contributed by atoms with Gasteiger partial charge in [0.15, 0.2) is 12.0 Å². The molecule has 0 bridgehead atoms. The zero-order valence-corrected chi connectivity index (χ0v) is 7.53. The second-order valence-electron chi connectivity index (χ2n) is 2.89. The lowest BCUT2D eigenvalue weighted by molar-refractivity contribution is 0.602. The number of fused-ring (bicyclic) bond motifs is 1. The van der Waals surface area contributed by atoms with Crippen LogP contribution in [0.25, 0.3) is 17.2 Å². The first-order valence-electron chi connectivity index (χ1n) is 4.40. The van der Waals surface area contributed by atoms with E-state index in [0.717, 1.165) is 17.5 Å². The summed E-state index contributed by atoms with van der Waals surface area (Å²) in [5, 5.41) is 0. The van der Waals surface area contributed by atoms with E-state index in [-0.39, 0.29) is 0 Å². The molecule has 2 rings (SSSR count). The maximum atomic E-state index is 5.14. The zero-order valence-electron chi connectivity index (χ0n) is 7.53. The number of hydrogen-bond donors (Lipinski definition) is 0. The van der Waals surface area contributed by atoms with E-state index < -0.39 is 0 Å². The number of allylic oxidation sites excluding steroid dienone is 1. The molecule has 0 unspecified atom stereocenters. The fourth-order valence-corrected chi connectivity index (χ4v) is 1.23. The standard InChI is InChI=1S/C11H11NO/c1-2-3-4-9-5-6-11-10(7-9)12-8-13-11/h3-8H,2H2,1H3. The van der Waals surface area contributed by atoms with Crippen LogP contribution in [0.15, 0.2) is 35.1 Å². The van der Waals surface area contributed by atoms with Crippen molar-refractivity contribution in [1.29, 1.82) is 0 Å². The Morgan fingerprint density at radius 1 is 1.46 bits per heavy atom. The van der Waals surface area contributed by atoms with E-state index in [9.17, 15) is 0 Å². The second kappa shape index (κ2) is 3.44. The summed E-state index contributed by atoms with van der Waals surface area (Å²) in [5.74, 6) is 0. The molecule has 13 heavy (non-hydrogen) atoms. The Morgan fingerprint density at radius 2 is 2.38 bits per heavy atom. The zero-order chi connectivity index (χ0) is 9.10. The molecule has 0 aliphatic carbocycles. The highest BCUT2D eigenvalue weighted by molar-refractivity contribution is 5.75. The smallest absolute Gasteiger partial charge is 0.181 e. The van der Waals surface area contributed by atoms with Gasteiger partial charge >= 0.3 is 0 Å². The van der Waals surface area contributed by atoms with Gasteiger partial charge in [-0.2, -0.15) is 0 Å². The molecule has 2 aromatic rings. The third kappa shape index (κ3) is 1.61. The minimum absolute atomic E-state index is 0.841. The van der Waals surface area contributed by atoms with Gasteiger partial charge in [-0.3, -0.25) is 0 Å². The van der Waals surface area contributed by atoms with Crippen LogP contribution in [0.4, 0.5) is 0 Å². The molecule has 0 radical (unpaired) electrons. The lowest BCUT2D eigenvalue weighted by Gasteiger charge is -1.91. The van der Waals surface area contributed by atoms with Gasteiger partial charge in [0.1, 0.15) is 5.52 Å². The molecule has 0 aliphatic rings. The van der Waals surface area contributed by atoms with Gasteiger partial charge in [-0.1, -0.05) is 25.1 Å². The summed E-state index contributed by atoms with van der Waals surface area (Å²) >= 11 is 0. The lowest BCUT2D eigenvalue weighted by atomic mass is 10.2. The summed E-state index contributed by atoms with van der Waals surface area (Å²) in [6.07, 6.45) is 6.74. The molecule has 66 valence electrons. The molecule has 2 nitrogen and oxygen atoms in total. The molecule has 0 saturated carbocycles. The first-order valence-corrected chi connectivity index (χ1v) is 4.40. The van der Waals surface area contributed by atoms with Crippen LogP contribution in [-0.4, -0.2) is 4.98 Å². The van der Waals surface area contributed by atoms with Crippen LogP contribution in [-0.2, 0) is 0 Å². The summed E-state index contributed by atoms with van der Waals surface area (Å²) in [6, 6.07) is 5.99. The third-order valence-electron chi connectivity index (χ3n) is 1.90. The minimum atomic E-state index is 0.841. The molecule has 1 heterocycles. The van der Waals surface area contributed by atoms with Gasteiger partial charge in [0.05, 0.1) is 0 Å². The normalized spacial score (nSPS) is 11.5. The van der Waals surface area contributed by atoms with Crippen molar-refractivity contribution in [1.82, 2.24) is 4.98 Å². The number of oxazole rings is 1. The number of rotatable bonds is 2. The monoisotopic (exact) mass is 173 g/mol. The Morgan fingerprint density at radius 3 is 3.23 bits per heavy atom. The molecule has 0 N–H and O–H groups in total. The van der Waals surface area contributed by atoms with E-state index in [1.54, 1.807) is 0 Å². The summed E-state index contributed by atoms with van der Waals surface area (Å²) in [7, 11) is 0. The second-order valence-corrected chi connectivity index (χ2v) is 2.89. The highest BCUT2D eigenvalue weighted by Crippen LogP contribution is 2.14. The van der Waals surface area contributed by atoms with Crippen molar-refractivity contribution in [3.8, 4) is 0 Å². The minimum Gasteiger partial charge on any atom is -0.443 e. The fraction of sp³-hybridized carbons (Fsp3) is 0.182. The molecular formula is C11H11NO. The van der Waals surface area contributed by atoms with Crippen molar-refractivity contribution in [2.24, 2.45) is 0 Å². The van der Waals surface area contributed by atoms with Gasteiger partial charge in [0.2, 0.25) is 0 Å². The molecule has 0 fully saturated rings. The van der Waals surface area contributed by atoms with Gasteiger partial charge in [0.25, 0.3) is 0 Å². The van der Waals surface area contributed by atoms with Crippen molar-refractivity contribution < 1.29 is 4.42 Å². The van der Waals surface area contributed by atoms with E-state index >= 15 is 0 Å². The highest BCUT2D eigenvalue weighted by Gasteiger charge is 1.96. The summed E-state index contributed by atoms with van der Waals surface area (Å²) in [5.41, 5.74) is 2.93. The molecule has 0 atom stereocenters. The predicted molar refractivity (Wildman–Crippen MR) is 53.3 cm³/mol. The van der Waals surface area contributed by atoms with Gasteiger partial charge in [-0.05, 0) is 24.1 Å². The molecule has 0 aliphatic heterocycles. The van der Waals surface area contributed by atoms with E-state index in [1.165, 1.54) is 12.0 Å². The number of benzene rings is 1.